The zero-order chi connectivity index (χ0) is 55.7. The molecule has 0 aliphatic rings. The molecule has 396 valence electrons. The molecule has 78 heavy (non-hydrogen) atoms. The average molecular weight is 1040 g/mol. The van der Waals surface area contributed by atoms with E-state index in [2.05, 4.69) is 10.2 Å². The first-order chi connectivity index (χ1) is 37.2. The van der Waals surface area contributed by atoms with Gasteiger partial charge in [-0.15, -0.1) is 0 Å². The lowest BCUT2D eigenvalue weighted by Gasteiger charge is -2.23. The topological polar surface area (TPSA) is 183 Å². The highest BCUT2D eigenvalue weighted by Crippen LogP contribution is 2.40. The maximum absolute atomic E-state index is 13.9. The molecular formula is C66H64N4O8. The highest BCUT2D eigenvalue weighted by molar-refractivity contribution is 5.94. The molecule has 0 fully saturated rings. The van der Waals surface area contributed by atoms with Gasteiger partial charge in [-0.1, -0.05) is 175 Å². The molecule has 4 atom stereocenters. The van der Waals surface area contributed by atoms with Gasteiger partial charge in [-0.25, -0.2) is 9.59 Å². The standard InChI is InChI=1S/C66H64N4O8/c1-41-29-31-47(63(75)77-51-33-49(59(71)53(37-51)65(3,4)5)39-67-57(43-21-13-9-14-22-43)61(73)45-25-17-11-18-26-45)35-55(41)69-70-56-36-48(32-30-42(56)2)64(76)78-52-34-50(60(72)54(38-52)66(6,7)8)40-68-58(44-23-15-10-16-24-44)62(74)46-27-19-12-20-28-46/h9-40,57-58,61-62,71-74H,1-8H3/t57-,58-,61+,62+/m0/s1. The zero-order valence-electron chi connectivity index (χ0n) is 45.0. The fourth-order valence-corrected chi connectivity index (χ4v) is 8.83. The molecule has 12 heteroatoms. The van der Waals surface area contributed by atoms with Gasteiger partial charge in [0.05, 0.1) is 22.5 Å². The number of aliphatic hydroxyl groups is 2. The van der Waals surface area contributed by atoms with Crippen LogP contribution in [0.2, 0.25) is 0 Å². The monoisotopic (exact) mass is 1040 g/mol. The molecule has 0 aliphatic heterocycles. The van der Waals surface area contributed by atoms with Crippen molar-refractivity contribution in [3.63, 3.8) is 0 Å². The predicted octanol–water partition coefficient (Wildman–Crippen LogP) is 15.0. The van der Waals surface area contributed by atoms with E-state index in [1.54, 1.807) is 60.7 Å². The Kier molecular flexibility index (Phi) is 17.1. The summed E-state index contributed by atoms with van der Waals surface area (Å²) in [5, 5.41) is 55.3. The Morgan fingerprint density at radius 3 is 1.09 bits per heavy atom. The van der Waals surface area contributed by atoms with Crippen LogP contribution in [0.5, 0.6) is 23.0 Å². The van der Waals surface area contributed by atoms with Gasteiger partial charge in [0.2, 0.25) is 0 Å². The summed E-state index contributed by atoms with van der Waals surface area (Å²) in [5.41, 5.74) is 6.01. The number of carbonyl (C=O) groups is 2. The number of nitrogens with zero attached hydrogens (tertiary/aromatic N) is 4. The second-order valence-electron chi connectivity index (χ2n) is 21.3. The molecule has 0 radical (unpaired) electrons. The van der Waals surface area contributed by atoms with E-state index in [0.717, 1.165) is 22.3 Å². The number of hydrogen-bond donors (Lipinski definition) is 4. The Bertz CT molecular complexity index is 3260. The first kappa shape index (κ1) is 55.4. The molecule has 8 aromatic rings. The second kappa shape index (κ2) is 24.0. The normalized spacial score (nSPS) is 13.6. The van der Waals surface area contributed by atoms with Crippen LogP contribution in [0.25, 0.3) is 0 Å². The largest absolute Gasteiger partial charge is 0.507 e. The Balaban J connectivity index is 1.03. The summed E-state index contributed by atoms with van der Waals surface area (Å²) in [5.74, 6) is -1.07. The predicted molar refractivity (Wildman–Crippen MR) is 306 cm³/mol. The number of carbonyl (C=O) groups excluding carboxylic acids is 2. The van der Waals surface area contributed by atoms with Gasteiger partial charge in [-0.3, -0.25) is 9.98 Å². The number of aliphatic hydroxyl groups excluding tert-OH is 2. The maximum atomic E-state index is 13.9. The van der Waals surface area contributed by atoms with Crippen LogP contribution in [-0.2, 0) is 10.8 Å². The van der Waals surface area contributed by atoms with Crippen molar-refractivity contribution in [2.45, 2.75) is 90.5 Å². The number of aromatic hydroxyl groups is 2. The van der Waals surface area contributed by atoms with Crippen LogP contribution in [0, 0.1) is 13.8 Å². The van der Waals surface area contributed by atoms with Crippen LogP contribution in [0.3, 0.4) is 0 Å². The van der Waals surface area contributed by atoms with Crippen molar-refractivity contribution in [1.82, 2.24) is 0 Å². The molecule has 0 unspecified atom stereocenters. The zero-order valence-corrected chi connectivity index (χ0v) is 45.0. The first-order valence-electron chi connectivity index (χ1n) is 25.7. The molecule has 0 amide bonds. The number of rotatable bonds is 16. The number of benzene rings is 8. The minimum absolute atomic E-state index is 0.0303. The van der Waals surface area contributed by atoms with Crippen LogP contribution < -0.4 is 9.47 Å². The third-order valence-corrected chi connectivity index (χ3v) is 13.3. The summed E-state index contributed by atoms with van der Waals surface area (Å²) >= 11 is 0. The quantitative estimate of drug-likeness (QED) is 0.0319. The first-order valence-corrected chi connectivity index (χ1v) is 25.7. The average Bonchev–Trinajstić information content (AvgIpc) is 3.43. The molecule has 0 saturated heterocycles. The smallest absolute Gasteiger partial charge is 0.343 e. The van der Waals surface area contributed by atoms with Gasteiger partial charge < -0.3 is 29.9 Å². The lowest BCUT2D eigenvalue weighted by molar-refractivity contribution is 0.0724. The third kappa shape index (κ3) is 13.4. The molecule has 8 aromatic carbocycles. The molecule has 0 aromatic heterocycles. The minimum atomic E-state index is -0.990. The molecule has 12 nitrogen and oxygen atoms in total. The molecule has 0 saturated carbocycles. The van der Waals surface area contributed by atoms with Crippen molar-refractivity contribution >= 4 is 35.7 Å². The van der Waals surface area contributed by atoms with E-state index in [4.69, 9.17) is 19.5 Å². The van der Waals surface area contributed by atoms with E-state index in [9.17, 15) is 30.0 Å². The van der Waals surface area contributed by atoms with Gasteiger partial charge in [0.1, 0.15) is 47.3 Å². The Morgan fingerprint density at radius 1 is 0.449 bits per heavy atom. The number of hydrogen-bond acceptors (Lipinski definition) is 12. The van der Waals surface area contributed by atoms with Crippen molar-refractivity contribution in [3.8, 4) is 23.0 Å². The van der Waals surface area contributed by atoms with Gasteiger partial charge in [0.25, 0.3) is 0 Å². The minimum Gasteiger partial charge on any atom is -0.507 e. The molecule has 0 bridgehead atoms. The van der Waals surface area contributed by atoms with E-state index in [1.165, 1.54) is 12.4 Å². The van der Waals surface area contributed by atoms with Gasteiger partial charge in [0, 0.05) is 34.7 Å². The van der Waals surface area contributed by atoms with E-state index in [1.807, 2.05) is 177 Å². The fourth-order valence-electron chi connectivity index (χ4n) is 8.83. The number of azo groups is 1. The van der Waals surface area contributed by atoms with Crippen molar-refractivity contribution in [3.05, 3.63) is 249 Å². The van der Waals surface area contributed by atoms with E-state index < -0.39 is 47.1 Å². The van der Waals surface area contributed by atoms with Crippen molar-refractivity contribution < 1.29 is 39.5 Å². The van der Waals surface area contributed by atoms with E-state index in [0.29, 0.717) is 44.8 Å². The second-order valence-corrected chi connectivity index (χ2v) is 21.3. The number of phenols is 2. The SMILES string of the molecule is Cc1ccc(C(=O)Oc2cc(C=N[C@@H](c3ccccc3)[C@H](O)c3ccccc3)c(O)c(C(C)(C)C)c2)cc1N=Nc1cc(C(=O)Oc2cc(C=N[C@@H](c3ccccc3)[C@H](O)c3ccccc3)c(O)c(C(C)(C)C)c2)ccc1C. The van der Waals surface area contributed by atoms with Crippen LogP contribution in [0.4, 0.5) is 11.4 Å². The molecule has 0 aliphatic carbocycles. The van der Waals surface area contributed by atoms with Crippen LogP contribution in [0.1, 0.15) is 142 Å². The summed E-state index contributed by atoms with van der Waals surface area (Å²) in [4.78, 5) is 37.5. The van der Waals surface area contributed by atoms with E-state index >= 15 is 0 Å². The Labute approximate surface area is 455 Å². The molecule has 8 rings (SSSR count). The van der Waals surface area contributed by atoms with Crippen LogP contribution in [-0.4, -0.2) is 44.8 Å². The molecule has 0 spiro atoms. The molecular weight excluding hydrogens is 977 g/mol. The highest BCUT2D eigenvalue weighted by atomic mass is 16.5. The fraction of sp³-hybridized carbons (Fsp3) is 0.212. The van der Waals surface area contributed by atoms with Gasteiger partial charge in [0.15, 0.2) is 0 Å². The number of ether oxygens (including phenoxy) is 2. The number of phenolic OH excluding ortho intramolecular Hbond substituents is 2. The Hall–Kier alpha value is -8.84. The van der Waals surface area contributed by atoms with Gasteiger partial charge >= 0.3 is 11.9 Å². The lowest BCUT2D eigenvalue weighted by Crippen LogP contribution is -2.14. The Morgan fingerprint density at radius 2 is 0.769 bits per heavy atom. The number of esters is 2. The van der Waals surface area contributed by atoms with Crippen molar-refractivity contribution in [2.24, 2.45) is 20.2 Å². The summed E-state index contributed by atoms with van der Waals surface area (Å²) < 4.78 is 12.0. The highest BCUT2D eigenvalue weighted by Gasteiger charge is 2.27. The van der Waals surface area contributed by atoms with Gasteiger partial charge in [-0.05, 0) is 107 Å². The summed E-state index contributed by atoms with van der Waals surface area (Å²) in [6.45, 7) is 15.3. The third-order valence-electron chi connectivity index (χ3n) is 13.3. The van der Waals surface area contributed by atoms with Gasteiger partial charge in [-0.2, -0.15) is 10.2 Å². The summed E-state index contributed by atoms with van der Waals surface area (Å²) in [6.07, 6.45) is 1.02. The number of aliphatic imine (C=N–C) groups is 2. The lowest BCUT2D eigenvalue weighted by atomic mass is 9.85. The summed E-state index contributed by atoms with van der Waals surface area (Å²) in [7, 11) is 0. The molecule has 4 N–H and O–H groups in total. The van der Waals surface area contributed by atoms with Crippen molar-refractivity contribution in [1.29, 1.82) is 0 Å². The summed E-state index contributed by atoms with van der Waals surface area (Å²) in [6, 6.07) is 52.1. The molecule has 0 heterocycles. The van der Waals surface area contributed by atoms with E-state index in [-0.39, 0.29) is 34.1 Å². The van der Waals surface area contributed by atoms with Crippen LogP contribution >= 0.6 is 0 Å². The van der Waals surface area contributed by atoms with Crippen molar-refractivity contribution in [2.75, 3.05) is 0 Å². The van der Waals surface area contributed by atoms with Crippen LogP contribution in [0.15, 0.2) is 202 Å². The maximum Gasteiger partial charge on any atom is 0.343 e. The number of aryl methyl sites for hydroxylation is 2.